The number of benzene rings is 1. The summed E-state index contributed by atoms with van der Waals surface area (Å²) in [5.74, 6) is 0.762. The van der Waals surface area contributed by atoms with E-state index in [0.29, 0.717) is 19.6 Å². The molecule has 0 radical (unpaired) electrons. The first-order chi connectivity index (χ1) is 8.15. The van der Waals surface area contributed by atoms with E-state index in [1.807, 2.05) is 38.1 Å². The molecule has 1 rings (SSSR count). The van der Waals surface area contributed by atoms with Crippen LogP contribution < -0.4 is 15.8 Å². The molecule has 4 heteroatoms. The molecule has 0 saturated carbocycles. The normalized spacial score (nSPS) is 11.9. The Bertz CT molecular complexity index is 364. The molecule has 4 nitrogen and oxygen atoms in total. The van der Waals surface area contributed by atoms with Crippen LogP contribution in [0.15, 0.2) is 24.3 Å². The van der Waals surface area contributed by atoms with Crippen molar-refractivity contribution in [2.24, 2.45) is 5.73 Å². The van der Waals surface area contributed by atoms with Crippen LogP contribution >= 0.6 is 0 Å². The van der Waals surface area contributed by atoms with Crippen LogP contribution in [0.5, 0.6) is 5.75 Å². The van der Waals surface area contributed by atoms with Crippen LogP contribution in [0.2, 0.25) is 0 Å². The lowest BCUT2D eigenvalue weighted by Crippen LogP contribution is -2.24. The molecule has 0 aliphatic rings. The van der Waals surface area contributed by atoms with Crippen LogP contribution in [0.3, 0.4) is 0 Å². The predicted molar refractivity (Wildman–Crippen MR) is 67.8 cm³/mol. The molecule has 1 aromatic carbocycles. The van der Waals surface area contributed by atoms with Crippen molar-refractivity contribution in [3.63, 3.8) is 0 Å². The Hall–Kier alpha value is -1.55. The van der Waals surface area contributed by atoms with Crippen LogP contribution in [0.4, 0.5) is 0 Å². The zero-order valence-corrected chi connectivity index (χ0v) is 10.4. The van der Waals surface area contributed by atoms with Gasteiger partial charge < -0.3 is 15.8 Å². The monoisotopic (exact) mass is 236 g/mol. The summed E-state index contributed by atoms with van der Waals surface area (Å²) < 4.78 is 5.57. The fraction of sp³-hybridized carbons (Fsp3) is 0.462. The first-order valence-electron chi connectivity index (χ1n) is 5.89. The molecule has 17 heavy (non-hydrogen) atoms. The van der Waals surface area contributed by atoms with Gasteiger partial charge in [0.1, 0.15) is 5.75 Å². The third-order valence-electron chi connectivity index (χ3n) is 2.37. The molecule has 3 N–H and O–H groups in total. The minimum atomic E-state index is -0.0735. The summed E-state index contributed by atoms with van der Waals surface area (Å²) in [6.45, 7) is 4.82. The number of carbonyl (C=O) groups excluding carboxylic acids is 1. The number of nitrogens with one attached hydrogen (secondary N) is 1. The molecular weight excluding hydrogens is 216 g/mol. The van der Waals surface area contributed by atoms with Gasteiger partial charge in [-0.25, -0.2) is 0 Å². The third kappa shape index (κ3) is 4.44. The minimum Gasteiger partial charge on any atom is -0.493 e. The zero-order chi connectivity index (χ0) is 12.7. The van der Waals surface area contributed by atoms with Gasteiger partial charge in [-0.05, 0) is 19.9 Å². The molecule has 0 saturated heterocycles. The van der Waals surface area contributed by atoms with Crippen molar-refractivity contribution in [3.8, 4) is 5.75 Å². The molecular formula is C13H20N2O2. The van der Waals surface area contributed by atoms with Gasteiger partial charge in [0.15, 0.2) is 0 Å². The second-order valence-electron chi connectivity index (χ2n) is 3.88. The second-order valence-corrected chi connectivity index (χ2v) is 3.88. The van der Waals surface area contributed by atoms with Gasteiger partial charge in [0.05, 0.1) is 13.0 Å². The summed E-state index contributed by atoms with van der Waals surface area (Å²) in [5, 5.41) is 2.73. The Morgan fingerprint density at radius 1 is 1.47 bits per heavy atom. The average Bonchev–Trinajstić information content (AvgIpc) is 2.30. The van der Waals surface area contributed by atoms with Crippen LogP contribution in [0, 0.1) is 0 Å². The Labute approximate surface area is 102 Å². The summed E-state index contributed by atoms with van der Waals surface area (Å²) >= 11 is 0. The third-order valence-corrected chi connectivity index (χ3v) is 2.37. The van der Waals surface area contributed by atoms with E-state index in [9.17, 15) is 4.79 Å². The van der Waals surface area contributed by atoms with Gasteiger partial charge >= 0.3 is 0 Å². The molecule has 1 aromatic rings. The second kappa shape index (κ2) is 6.91. The number of nitrogens with two attached hydrogens (primary N) is 1. The highest BCUT2D eigenvalue weighted by Crippen LogP contribution is 2.23. The van der Waals surface area contributed by atoms with Gasteiger partial charge in [0.2, 0.25) is 5.91 Å². The van der Waals surface area contributed by atoms with Gasteiger partial charge in [0, 0.05) is 18.2 Å². The summed E-state index contributed by atoms with van der Waals surface area (Å²) in [6.07, 6.45) is 0.362. The van der Waals surface area contributed by atoms with Crippen molar-refractivity contribution >= 4 is 5.91 Å². The highest BCUT2D eigenvalue weighted by atomic mass is 16.5. The topological polar surface area (TPSA) is 64.3 Å². The van der Waals surface area contributed by atoms with Crippen LogP contribution in [-0.2, 0) is 4.79 Å². The van der Waals surface area contributed by atoms with Gasteiger partial charge in [-0.3, -0.25) is 4.79 Å². The highest BCUT2D eigenvalue weighted by Gasteiger charge is 2.07. The molecule has 0 bridgehead atoms. The maximum Gasteiger partial charge on any atom is 0.223 e. The summed E-state index contributed by atoms with van der Waals surface area (Å²) in [4.78, 5) is 11.2. The van der Waals surface area contributed by atoms with Crippen molar-refractivity contribution in [1.29, 1.82) is 0 Å². The fourth-order valence-corrected chi connectivity index (χ4v) is 1.53. The lowest BCUT2D eigenvalue weighted by Gasteiger charge is -2.13. The zero-order valence-electron chi connectivity index (χ0n) is 10.4. The van der Waals surface area contributed by atoms with E-state index in [1.165, 1.54) is 0 Å². The van der Waals surface area contributed by atoms with Crippen molar-refractivity contribution in [2.45, 2.75) is 26.3 Å². The summed E-state index contributed by atoms with van der Waals surface area (Å²) in [6, 6.07) is 7.56. The molecule has 1 atom stereocenters. The average molecular weight is 236 g/mol. The summed E-state index contributed by atoms with van der Waals surface area (Å²) in [7, 11) is 0. The Morgan fingerprint density at radius 3 is 2.82 bits per heavy atom. The molecule has 0 spiro atoms. The van der Waals surface area contributed by atoms with Crippen molar-refractivity contribution in [1.82, 2.24) is 5.32 Å². The maximum atomic E-state index is 11.2. The first kappa shape index (κ1) is 13.5. The molecule has 1 amide bonds. The van der Waals surface area contributed by atoms with E-state index >= 15 is 0 Å². The summed E-state index contributed by atoms with van der Waals surface area (Å²) in [5.41, 5.74) is 6.80. The molecule has 0 aromatic heterocycles. The molecule has 0 fully saturated rings. The van der Waals surface area contributed by atoms with Crippen LogP contribution in [0.25, 0.3) is 0 Å². The first-order valence-corrected chi connectivity index (χ1v) is 5.89. The van der Waals surface area contributed by atoms with Crippen molar-refractivity contribution in [3.05, 3.63) is 29.8 Å². The molecule has 0 aliphatic carbocycles. The number of hydrogen-bond acceptors (Lipinski definition) is 3. The molecule has 0 unspecified atom stereocenters. The van der Waals surface area contributed by atoms with Crippen LogP contribution in [0.1, 0.15) is 31.9 Å². The van der Waals surface area contributed by atoms with Gasteiger partial charge in [-0.15, -0.1) is 0 Å². The van der Waals surface area contributed by atoms with E-state index in [2.05, 4.69) is 5.32 Å². The number of rotatable bonds is 6. The van der Waals surface area contributed by atoms with Gasteiger partial charge in [-0.2, -0.15) is 0 Å². The molecule has 0 aliphatic heterocycles. The Balaban J connectivity index is 2.49. The fourth-order valence-electron chi connectivity index (χ4n) is 1.53. The number of hydrogen-bond donors (Lipinski definition) is 2. The van der Waals surface area contributed by atoms with Crippen LogP contribution in [-0.4, -0.2) is 19.1 Å². The maximum absolute atomic E-state index is 11.2. The smallest absolute Gasteiger partial charge is 0.223 e. The minimum absolute atomic E-state index is 0.00535. The SMILES string of the molecule is CCNC(=O)CCOc1ccccc1[C@H](C)N. The Kier molecular flexibility index (Phi) is 5.49. The van der Waals surface area contributed by atoms with E-state index < -0.39 is 0 Å². The van der Waals surface area contributed by atoms with Gasteiger partial charge in [-0.1, -0.05) is 18.2 Å². The van der Waals surface area contributed by atoms with Crippen molar-refractivity contribution < 1.29 is 9.53 Å². The van der Waals surface area contributed by atoms with E-state index in [1.54, 1.807) is 0 Å². The molecule has 0 heterocycles. The van der Waals surface area contributed by atoms with E-state index in [0.717, 1.165) is 11.3 Å². The van der Waals surface area contributed by atoms with Gasteiger partial charge in [0.25, 0.3) is 0 Å². The lowest BCUT2D eigenvalue weighted by atomic mass is 10.1. The highest BCUT2D eigenvalue weighted by molar-refractivity contribution is 5.75. The number of amides is 1. The van der Waals surface area contributed by atoms with E-state index in [4.69, 9.17) is 10.5 Å². The van der Waals surface area contributed by atoms with E-state index in [-0.39, 0.29) is 11.9 Å². The Morgan fingerprint density at radius 2 is 2.18 bits per heavy atom. The lowest BCUT2D eigenvalue weighted by molar-refractivity contribution is -0.121. The number of ether oxygens (including phenoxy) is 1. The number of para-hydroxylation sites is 1. The quantitative estimate of drug-likeness (QED) is 0.788. The van der Waals surface area contributed by atoms with Crippen molar-refractivity contribution in [2.75, 3.05) is 13.2 Å². The largest absolute Gasteiger partial charge is 0.493 e. The standard InChI is InChI=1S/C13H20N2O2/c1-3-15-13(16)8-9-17-12-7-5-4-6-11(12)10(2)14/h4-7,10H,3,8-9,14H2,1-2H3,(H,15,16)/t10-/m0/s1. The molecule has 94 valence electrons. The predicted octanol–water partition coefficient (Wildman–Crippen LogP) is 1.61. The number of carbonyl (C=O) groups is 1.